The normalized spacial score (nSPS) is 10.4. The first kappa shape index (κ1) is 13.8. The molecule has 1 aromatic carbocycles. The first-order chi connectivity index (χ1) is 8.36. The van der Waals surface area contributed by atoms with Crippen LogP contribution in [0.25, 0.3) is 0 Å². The Morgan fingerprint density at radius 3 is 2.56 bits per heavy atom. The van der Waals surface area contributed by atoms with Gasteiger partial charge in [0.2, 0.25) is 0 Å². The molecule has 0 aliphatic heterocycles. The Morgan fingerprint density at radius 2 is 2.06 bits per heavy atom. The summed E-state index contributed by atoms with van der Waals surface area (Å²) in [5.41, 5.74) is -2.08. The predicted molar refractivity (Wildman–Crippen MR) is 56.0 cm³/mol. The molecule has 94 valence electrons. The summed E-state index contributed by atoms with van der Waals surface area (Å²) in [5, 5.41) is 8.65. The van der Waals surface area contributed by atoms with E-state index in [1.807, 2.05) is 0 Å². The smallest absolute Gasteiger partial charge is 0.417 e. The van der Waals surface area contributed by atoms with Gasteiger partial charge in [-0.1, -0.05) is 11.8 Å². The van der Waals surface area contributed by atoms with Crippen LogP contribution in [0.1, 0.15) is 27.9 Å². The Balaban J connectivity index is 3.27. The van der Waals surface area contributed by atoms with Gasteiger partial charge in [-0.05, 0) is 18.2 Å². The molecule has 0 radical (unpaired) electrons. The predicted octanol–water partition coefficient (Wildman–Crippen LogP) is 2.34. The molecule has 1 rings (SSSR count). The standard InChI is InChI=1S/C12H7F3O3/c13-12(14,15)10-7-8(3-1-2-6-16)4-5-9(10)11(17)18/h4-7H,2H2,(H,17,18). The number of carboxylic acids is 1. The number of carbonyl (C=O) groups excluding carboxylic acids is 1. The molecule has 0 unspecified atom stereocenters. The van der Waals surface area contributed by atoms with E-state index in [1.54, 1.807) is 0 Å². The van der Waals surface area contributed by atoms with Gasteiger partial charge in [-0.15, -0.1) is 0 Å². The summed E-state index contributed by atoms with van der Waals surface area (Å²) < 4.78 is 37.8. The number of benzene rings is 1. The van der Waals surface area contributed by atoms with Crippen molar-refractivity contribution in [2.24, 2.45) is 0 Å². The minimum Gasteiger partial charge on any atom is -0.478 e. The average molecular weight is 256 g/mol. The van der Waals surface area contributed by atoms with Crippen LogP contribution in [0.4, 0.5) is 13.2 Å². The van der Waals surface area contributed by atoms with Gasteiger partial charge in [-0.3, -0.25) is 0 Å². The SMILES string of the molecule is O=CCC#Cc1ccc(C(=O)O)c(C(F)(F)F)c1. The zero-order valence-electron chi connectivity index (χ0n) is 8.91. The second-order valence-electron chi connectivity index (χ2n) is 3.24. The van der Waals surface area contributed by atoms with Crippen LogP contribution in [0.15, 0.2) is 18.2 Å². The van der Waals surface area contributed by atoms with E-state index < -0.39 is 23.3 Å². The molecule has 18 heavy (non-hydrogen) atoms. The summed E-state index contributed by atoms with van der Waals surface area (Å²) in [6.45, 7) is 0. The van der Waals surface area contributed by atoms with Crippen molar-refractivity contribution in [3.63, 3.8) is 0 Å². The van der Waals surface area contributed by atoms with E-state index in [2.05, 4.69) is 11.8 Å². The molecule has 0 saturated carbocycles. The van der Waals surface area contributed by atoms with Crippen LogP contribution in [0.3, 0.4) is 0 Å². The number of carboxylic acid groups (broad SMARTS) is 1. The van der Waals surface area contributed by atoms with Crippen LogP contribution >= 0.6 is 0 Å². The number of hydrogen-bond acceptors (Lipinski definition) is 2. The van der Waals surface area contributed by atoms with Crippen molar-refractivity contribution in [2.45, 2.75) is 12.6 Å². The van der Waals surface area contributed by atoms with E-state index >= 15 is 0 Å². The van der Waals surface area contributed by atoms with Gasteiger partial charge in [0.15, 0.2) is 0 Å². The van der Waals surface area contributed by atoms with E-state index in [0.29, 0.717) is 12.4 Å². The molecule has 0 atom stereocenters. The third kappa shape index (κ3) is 3.35. The summed E-state index contributed by atoms with van der Waals surface area (Å²) in [5.74, 6) is 3.04. The second-order valence-corrected chi connectivity index (χ2v) is 3.24. The van der Waals surface area contributed by atoms with Crippen molar-refractivity contribution in [3.05, 3.63) is 34.9 Å². The fraction of sp³-hybridized carbons (Fsp3) is 0.167. The highest BCUT2D eigenvalue weighted by atomic mass is 19.4. The second kappa shape index (κ2) is 5.36. The number of alkyl halides is 3. The van der Waals surface area contributed by atoms with Gasteiger partial charge in [0.25, 0.3) is 0 Å². The lowest BCUT2D eigenvalue weighted by Gasteiger charge is -2.10. The minimum atomic E-state index is -4.77. The van der Waals surface area contributed by atoms with Gasteiger partial charge in [0, 0.05) is 5.56 Å². The molecule has 0 heterocycles. The number of halogens is 3. The van der Waals surface area contributed by atoms with Gasteiger partial charge in [-0.25, -0.2) is 4.79 Å². The first-order valence-corrected chi connectivity index (χ1v) is 4.73. The average Bonchev–Trinajstić information content (AvgIpc) is 2.28. The molecule has 0 amide bonds. The van der Waals surface area contributed by atoms with Crippen molar-refractivity contribution >= 4 is 12.3 Å². The Bertz CT molecular complexity index is 536. The van der Waals surface area contributed by atoms with E-state index in [9.17, 15) is 22.8 Å². The van der Waals surface area contributed by atoms with Gasteiger partial charge < -0.3 is 9.90 Å². The highest BCUT2D eigenvalue weighted by Crippen LogP contribution is 2.32. The lowest BCUT2D eigenvalue weighted by molar-refractivity contribution is -0.138. The fourth-order valence-electron chi connectivity index (χ4n) is 1.24. The quantitative estimate of drug-likeness (QED) is 0.652. The van der Waals surface area contributed by atoms with Crippen molar-refractivity contribution in [1.29, 1.82) is 0 Å². The maximum absolute atomic E-state index is 12.6. The summed E-state index contributed by atoms with van der Waals surface area (Å²) in [7, 11) is 0. The van der Waals surface area contributed by atoms with Gasteiger partial charge >= 0.3 is 12.1 Å². The number of aldehydes is 1. The Hall–Kier alpha value is -2.29. The molecule has 0 aromatic heterocycles. The molecule has 0 fully saturated rings. The van der Waals surface area contributed by atoms with E-state index in [0.717, 1.165) is 12.1 Å². The van der Waals surface area contributed by atoms with Crippen LogP contribution in [-0.2, 0) is 11.0 Å². The van der Waals surface area contributed by atoms with Crippen molar-refractivity contribution in [3.8, 4) is 11.8 Å². The molecular weight excluding hydrogens is 249 g/mol. The molecule has 1 N–H and O–H groups in total. The zero-order valence-corrected chi connectivity index (χ0v) is 8.91. The maximum Gasteiger partial charge on any atom is 0.417 e. The van der Waals surface area contributed by atoms with Gasteiger partial charge in [-0.2, -0.15) is 13.2 Å². The highest BCUT2D eigenvalue weighted by Gasteiger charge is 2.35. The number of aromatic carboxylic acids is 1. The summed E-state index contributed by atoms with van der Waals surface area (Å²) in [6, 6.07) is 2.66. The Morgan fingerprint density at radius 1 is 1.39 bits per heavy atom. The third-order valence-electron chi connectivity index (χ3n) is 1.97. The summed E-state index contributed by atoms with van der Waals surface area (Å²) in [6.07, 6.45) is -4.35. The Kier molecular flexibility index (Phi) is 4.10. The summed E-state index contributed by atoms with van der Waals surface area (Å²) in [4.78, 5) is 20.7. The molecule has 6 heteroatoms. The van der Waals surface area contributed by atoms with E-state index in [4.69, 9.17) is 5.11 Å². The minimum absolute atomic E-state index is 0.00850. The number of hydrogen-bond donors (Lipinski definition) is 1. The molecule has 0 saturated heterocycles. The van der Waals surface area contributed by atoms with Crippen LogP contribution < -0.4 is 0 Å². The maximum atomic E-state index is 12.6. The molecule has 3 nitrogen and oxygen atoms in total. The topological polar surface area (TPSA) is 54.4 Å². The highest BCUT2D eigenvalue weighted by molar-refractivity contribution is 5.89. The lowest BCUT2D eigenvalue weighted by Crippen LogP contribution is -2.13. The number of rotatable bonds is 2. The summed E-state index contributed by atoms with van der Waals surface area (Å²) >= 11 is 0. The molecule has 1 aromatic rings. The van der Waals surface area contributed by atoms with Gasteiger partial charge in [0.05, 0.1) is 17.5 Å². The third-order valence-corrected chi connectivity index (χ3v) is 1.97. The molecular formula is C12H7F3O3. The first-order valence-electron chi connectivity index (χ1n) is 4.73. The van der Waals surface area contributed by atoms with Crippen molar-refractivity contribution in [1.82, 2.24) is 0 Å². The van der Waals surface area contributed by atoms with E-state index in [1.165, 1.54) is 0 Å². The van der Waals surface area contributed by atoms with Crippen molar-refractivity contribution in [2.75, 3.05) is 0 Å². The van der Waals surface area contributed by atoms with Crippen molar-refractivity contribution < 1.29 is 27.9 Å². The van der Waals surface area contributed by atoms with Crippen LogP contribution in [-0.4, -0.2) is 17.4 Å². The molecule has 0 aliphatic carbocycles. The number of carbonyl (C=O) groups is 2. The van der Waals surface area contributed by atoms with Crippen LogP contribution in [0.5, 0.6) is 0 Å². The van der Waals surface area contributed by atoms with Gasteiger partial charge in [0.1, 0.15) is 6.29 Å². The lowest BCUT2D eigenvalue weighted by atomic mass is 10.0. The fourth-order valence-corrected chi connectivity index (χ4v) is 1.24. The Labute approximate surface area is 100 Å². The zero-order chi connectivity index (χ0) is 13.8. The van der Waals surface area contributed by atoms with E-state index in [-0.39, 0.29) is 12.0 Å². The molecule has 0 aliphatic rings. The largest absolute Gasteiger partial charge is 0.478 e. The molecule has 0 spiro atoms. The monoisotopic (exact) mass is 256 g/mol. The van der Waals surface area contributed by atoms with Crippen LogP contribution in [0.2, 0.25) is 0 Å². The van der Waals surface area contributed by atoms with Crippen LogP contribution in [0, 0.1) is 11.8 Å². The molecule has 0 bridgehead atoms.